The fourth-order valence-electron chi connectivity index (χ4n) is 1.66. The van der Waals surface area contributed by atoms with Crippen molar-refractivity contribution in [2.75, 3.05) is 10.6 Å². The molecule has 0 aliphatic heterocycles. The molecule has 2 aromatic rings. The summed E-state index contributed by atoms with van der Waals surface area (Å²) >= 11 is 0. The molecule has 0 radical (unpaired) electrons. The summed E-state index contributed by atoms with van der Waals surface area (Å²) in [6.45, 7) is 3.69. The quantitative estimate of drug-likeness (QED) is 0.854. The van der Waals surface area contributed by atoms with Gasteiger partial charge in [-0.3, -0.25) is 9.48 Å². The van der Waals surface area contributed by atoms with Crippen LogP contribution >= 0.6 is 0 Å². The van der Waals surface area contributed by atoms with Crippen LogP contribution in [0.1, 0.15) is 19.1 Å². The van der Waals surface area contributed by atoms with Gasteiger partial charge >= 0.3 is 0 Å². The molecule has 0 aliphatic rings. The smallest absolute Gasteiger partial charge is 0.248 e. The van der Waals surface area contributed by atoms with Crippen LogP contribution in [-0.4, -0.2) is 26.9 Å². The van der Waals surface area contributed by atoms with E-state index in [2.05, 4.69) is 20.9 Å². The highest BCUT2D eigenvalue weighted by molar-refractivity contribution is 5.95. The van der Waals surface area contributed by atoms with E-state index in [0.29, 0.717) is 23.8 Å². The van der Waals surface area contributed by atoms with Gasteiger partial charge in [0.15, 0.2) is 5.82 Å². The lowest BCUT2D eigenvalue weighted by Crippen LogP contribution is -2.34. The monoisotopic (exact) mass is 263 g/mol. The van der Waals surface area contributed by atoms with Crippen LogP contribution in [0.25, 0.3) is 0 Å². The van der Waals surface area contributed by atoms with Crippen LogP contribution in [0.2, 0.25) is 0 Å². The second-order valence-corrected chi connectivity index (χ2v) is 4.29. The molecule has 2 rings (SSSR count). The van der Waals surface area contributed by atoms with Crippen molar-refractivity contribution in [3.05, 3.63) is 24.1 Å². The average molecular weight is 263 g/mol. The van der Waals surface area contributed by atoms with Crippen molar-refractivity contribution < 1.29 is 9.32 Å². The average Bonchev–Trinajstić information content (AvgIpc) is 2.95. The minimum Gasteiger partial charge on any atom is -0.360 e. The summed E-state index contributed by atoms with van der Waals surface area (Å²) in [5.74, 6) is 1.58. The Hall–Kier alpha value is -2.31. The summed E-state index contributed by atoms with van der Waals surface area (Å²) in [5.41, 5.74) is 0. The zero-order chi connectivity index (χ0) is 13.8. The number of aromatic nitrogens is 3. The summed E-state index contributed by atoms with van der Waals surface area (Å²) < 4.78 is 6.57. The molecule has 7 heteroatoms. The van der Waals surface area contributed by atoms with E-state index >= 15 is 0 Å². The van der Waals surface area contributed by atoms with Gasteiger partial charge in [-0.25, -0.2) is 0 Å². The lowest BCUT2D eigenvalue weighted by Gasteiger charge is -2.14. The molecule has 19 heavy (non-hydrogen) atoms. The van der Waals surface area contributed by atoms with E-state index in [1.54, 1.807) is 17.7 Å². The van der Waals surface area contributed by atoms with Crippen molar-refractivity contribution in [1.82, 2.24) is 14.9 Å². The molecule has 2 N–H and O–H groups in total. The predicted octanol–water partition coefficient (Wildman–Crippen LogP) is 1.55. The standard InChI is InChI=1S/C12H17N5O2/c1-4-9(13-10-5-6-17(3)15-10)12(18)14-11-7-8(2)19-16-11/h5-7,9H,4H2,1-3H3,(H,13,15)(H,14,16,18)/t9-/m0/s1. The molecule has 7 nitrogen and oxygen atoms in total. The number of amides is 1. The second kappa shape index (κ2) is 5.55. The predicted molar refractivity (Wildman–Crippen MR) is 70.8 cm³/mol. The van der Waals surface area contributed by atoms with Gasteiger partial charge in [-0.2, -0.15) is 5.10 Å². The van der Waals surface area contributed by atoms with E-state index in [0.717, 1.165) is 0 Å². The van der Waals surface area contributed by atoms with Gasteiger partial charge in [-0.1, -0.05) is 12.1 Å². The maximum absolute atomic E-state index is 12.1. The number of nitrogens with one attached hydrogen (secondary N) is 2. The first-order chi connectivity index (χ1) is 9.08. The zero-order valence-corrected chi connectivity index (χ0v) is 11.2. The summed E-state index contributed by atoms with van der Waals surface area (Å²) in [5, 5.41) is 13.7. The van der Waals surface area contributed by atoms with E-state index in [1.807, 2.05) is 26.2 Å². The molecule has 2 heterocycles. The van der Waals surface area contributed by atoms with Crippen LogP contribution in [0.15, 0.2) is 22.9 Å². The molecule has 102 valence electrons. The highest BCUT2D eigenvalue weighted by Gasteiger charge is 2.18. The number of aryl methyl sites for hydroxylation is 2. The molecule has 0 spiro atoms. The first-order valence-corrected chi connectivity index (χ1v) is 6.09. The van der Waals surface area contributed by atoms with Crippen molar-refractivity contribution in [3.8, 4) is 0 Å². The highest BCUT2D eigenvalue weighted by atomic mass is 16.5. The summed E-state index contributed by atoms with van der Waals surface area (Å²) in [7, 11) is 1.82. The van der Waals surface area contributed by atoms with Gasteiger partial charge in [0.2, 0.25) is 5.91 Å². The lowest BCUT2D eigenvalue weighted by molar-refractivity contribution is -0.117. The maximum Gasteiger partial charge on any atom is 0.248 e. The van der Waals surface area contributed by atoms with Gasteiger partial charge in [0.05, 0.1) is 0 Å². The Bertz CT molecular complexity index is 560. The Morgan fingerprint density at radius 1 is 1.53 bits per heavy atom. The molecule has 0 saturated heterocycles. The third kappa shape index (κ3) is 3.34. The topological polar surface area (TPSA) is 85.0 Å². The van der Waals surface area contributed by atoms with Gasteiger partial charge in [-0.05, 0) is 13.3 Å². The molecule has 0 fully saturated rings. The van der Waals surface area contributed by atoms with Crippen LogP contribution in [0, 0.1) is 6.92 Å². The molecule has 1 atom stereocenters. The Morgan fingerprint density at radius 2 is 2.32 bits per heavy atom. The molecule has 0 unspecified atom stereocenters. The number of rotatable bonds is 5. The molecular weight excluding hydrogens is 246 g/mol. The van der Waals surface area contributed by atoms with Gasteiger partial charge < -0.3 is 15.2 Å². The minimum atomic E-state index is -0.369. The van der Waals surface area contributed by atoms with E-state index in [9.17, 15) is 4.79 Å². The Morgan fingerprint density at radius 3 is 2.84 bits per heavy atom. The summed E-state index contributed by atoms with van der Waals surface area (Å²) in [4.78, 5) is 12.1. The Kier molecular flexibility index (Phi) is 3.84. The van der Waals surface area contributed by atoms with Crippen LogP contribution in [0.5, 0.6) is 0 Å². The van der Waals surface area contributed by atoms with Gasteiger partial charge in [0.1, 0.15) is 17.6 Å². The van der Waals surface area contributed by atoms with Crippen molar-refractivity contribution in [3.63, 3.8) is 0 Å². The third-order valence-corrected chi connectivity index (χ3v) is 2.64. The Labute approximate surface area is 111 Å². The van der Waals surface area contributed by atoms with E-state index in [4.69, 9.17) is 4.52 Å². The van der Waals surface area contributed by atoms with Crippen molar-refractivity contribution in [2.45, 2.75) is 26.3 Å². The number of hydrogen-bond acceptors (Lipinski definition) is 5. The molecule has 0 aromatic carbocycles. The van der Waals surface area contributed by atoms with Gasteiger partial charge in [0.25, 0.3) is 0 Å². The second-order valence-electron chi connectivity index (χ2n) is 4.29. The van der Waals surface area contributed by atoms with Crippen LogP contribution in [0.3, 0.4) is 0 Å². The number of nitrogens with zero attached hydrogens (tertiary/aromatic N) is 3. The van der Waals surface area contributed by atoms with Gasteiger partial charge in [-0.15, -0.1) is 0 Å². The fourth-order valence-corrected chi connectivity index (χ4v) is 1.66. The third-order valence-electron chi connectivity index (χ3n) is 2.64. The van der Waals surface area contributed by atoms with Gasteiger partial charge in [0, 0.05) is 25.4 Å². The maximum atomic E-state index is 12.1. The number of carbonyl (C=O) groups is 1. The SMILES string of the molecule is CC[C@H](Nc1ccn(C)n1)C(=O)Nc1cc(C)on1. The first-order valence-electron chi connectivity index (χ1n) is 6.09. The first kappa shape index (κ1) is 13.1. The fraction of sp³-hybridized carbons (Fsp3) is 0.417. The van der Waals surface area contributed by atoms with E-state index < -0.39 is 0 Å². The van der Waals surface area contributed by atoms with E-state index in [1.165, 1.54) is 0 Å². The van der Waals surface area contributed by atoms with Crippen molar-refractivity contribution >= 4 is 17.5 Å². The zero-order valence-electron chi connectivity index (χ0n) is 11.2. The molecular formula is C12H17N5O2. The molecule has 0 saturated carbocycles. The van der Waals surface area contributed by atoms with Crippen LogP contribution in [-0.2, 0) is 11.8 Å². The largest absolute Gasteiger partial charge is 0.360 e. The van der Waals surface area contributed by atoms with E-state index in [-0.39, 0.29) is 11.9 Å². The molecule has 0 aliphatic carbocycles. The lowest BCUT2D eigenvalue weighted by atomic mass is 10.2. The number of carbonyl (C=O) groups excluding carboxylic acids is 1. The highest BCUT2D eigenvalue weighted by Crippen LogP contribution is 2.10. The molecule has 1 amide bonds. The van der Waals surface area contributed by atoms with Crippen molar-refractivity contribution in [1.29, 1.82) is 0 Å². The normalized spacial score (nSPS) is 12.2. The number of anilines is 2. The van der Waals surface area contributed by atoms with Crippen LogP contribution < -0.4 is 10.6 Å². The molecule has 0 bridgehead atoms. The number of hydrogen-bond donors (Lipinski definition) is 2. The minimum absolute atomic E-state index is 0.165. The summed E-state index contributed by atoms with van der Waals surface area (Å²) in [6.07, 6.45) is 2.45. The molecule has 2 aromatic heterocycles. The summed E-state index contributed by atoms with van der Waals surface area (Å²) in [6, 6.07) is 3.12. The Balaban J connectivity index is 1.98. The van der Waals surface area contributed by atoms with Crippen LogP contribution in [0.4, 0.5) is 11.6 Å². The van der Waals surface area contributed by atoms with Crippen molar-refractivity contribution in [2.24, 2.45) is 7.05 Å².